The fraction of sp³-hybridized carbons (Fsp3) is 0.480. The van der Waals surface area contributed by atoms with Gasteiger partial charge in [0, 0.05) is 31.6 Å². The number of aromatic nitrogens is 1. The molecule has 8 nitrogen and oxygen atoms in total. The van der Waals surface area contributed by atoms with Crippen LogP contribution >= 0.6 is 0 Å². The van der Waals surface area contributed by atoms with Crippen LogP contribution in [0.2, 0.25) is 0 Å². The van der Waals surface area contributed by atoms with Crippen molar-refractivity contribution in [1.82, 2.24) is 10.3 Å². The molecule has 0 aliphatic carbocycles. The summed E-state index contributed by atoms with van der Waals surface area (Å²) in [5, 5.41) is 5.07. The lowest BCUT2D eigenvalue weighted by Gasteiger charge is -2.37. The quantitative estimate of drug-likeness (QED) is 0.607. The second-order valence-corrected chi connectivity index (χ2v) is 9.03. The number of amides is 3. The lowest BCUT2D eigenvalue weighted by molar-refractivity contribution is -0.141. The Hall–Kier alpha value is -3.34. The minimum atomic E-state index is -4.56. The topological polar surface area (TPSA) is 86.8 Å². The Morgan fingerprint density at radius 2 is 1.81 bits per heavy atom. The van der Waals surface area contributed by atoms with Crippen molar-refractivity contribution in [2.24, 2.45) is 0 Å². The molecular weight excluding hydrogens is 475 g/mol. The number of anilines is 3. The molecule has 0 saturated carbocycles. The highest BCUT2D eigenvalue weighted by atomic mass is 19.4. The molecule has 2 saturated heterocycles. The normalized spacial score (nSPS) is 20.8. The summed E-state index contributed by atoms with van der Waals surface area (Å²) in [5.41, 5.74) is 0.889. The van der Waals surface area contributed by atoms with Crippen molar-refractivity contribution >= 4 is 29.0 Å². The van der Waals surface area contributed by atoms with E-state index >= 15 is 0 Å². The summed E-state index contributed by atoms with van der Waals surface area (Å²) in [4.78, 5) is 32.8. The van der Waals surface area contributed by atoms with Crippen LogP contribution in [0.25, 0.3) is 0 Å². The zero-order valence-corrected chi connectivity index (χ0v) is 20.1. The van der Waals surface area contributed by atoms with E-state index in [0.717, 1.165) is 49.1 Å². The van der Waals surface area contributed by atoms with Crippen LogP contribution in [0, 0.1) is 0 Å². The third kappa shape index (κ3) is 6.07. The number of pyridine rings is 1. The van der Waals surface area contributed by atoms with Gasteiger partial charge in [0.05, 0.1) is 24.5 Å². The second kappa shape index (κ2) is 11.2. The summed E-state index contributed by atoms with van der Waals surface area (Å²) in [6.07, 6.45) is 0.931. The molecule has 1 aromatic heterocycles. The van der Waals surface area contributed by atoms with Crippen molar-refractivity contribution in [3.8, 4) is 0 Å². The molecule has 0 radical (unpaired) electrons. The number of alkyl halides is 3. The molecule has 0 spiro atoms. The summed E-state index contributed by atoms with van der Waals surface area (Å²) in [6, 6.07) is 8.67. The molecule has 194 valence electrons. The van der Waals surface area contributed by atoms with Gasteiger partial charge in [0.15, 0.2) is 0 Å². The second-order valence-electron chi connectivity index (χ2n) is 9.03. The molecule has 2 atom stereocenters. The molecule has 2 aliphatic rings. The van der Waals surface area contributed by atoms with Crippen LogP contribution in [0.4, 0.5) is 35.0 Å². The number of urea groups is 1. The number of methoxy groups -OCH3 is 1. The molecular formula is C25H30F3N5O3. The van der Waals surface area contributed by atoms with Crippen molar-refractivity contribution in [3.05, 3.63) is 48.3 Å². The van der Waals surface area contributed by atoms with E-state index in [1.54, 1.807) is 12.0 Å². The molecule has 3 amide bonds. The number of piperidine rings is 2. The molecule has 11 heteroatoms. The number of hydrogen-bond donors (Lipinski definition) is 2. The van der Waals surface area contributed by atoms with Gasteiger partial charge in [0.1, 0.15) is 11.7 Å². The minimum absolute atomic E-state index is 0.0979. The highest BCUT2D eigenvalue weighted by molar-refractivity contribution is 6.01. The van der Waals surface area contributed by atoms with Crippen molar-refractivity contribution in [2.75, 3.05) is 41.9 Å². The van der Waals surface area contributed by atoms with Gasteiger partial charge in [-0.05, 0) is 68.5 Å². The maximum Gasteiger partial charge on any atom is 0.433 e. The Morgan fingerprint density at radius 3 is 2.47 bits per heavy atom. The molecule has 2 aliphatic heterocycles. The van der Waals surface area contributed by atoms with E-state index in [1.807, 2.05) is 24.3 Å². The molecule has 1 aromatic carbocycles. The van der Waals surface area contributed by atoms with E-state index in [0.29, 0.717) is 32.0 Å². The first-order valence-electron chi connectivity index (χ1n) is 12.0. The molecule has 2 aromatic rings. The van der Waals surface area contributed by atoms with Gasteiger partial charge < -0.3 is 25.2 Å². The zero-order valence-electron chi connectivity index (χ0n) is 20.1. The van der Waals surface area contributed by atoms with Crippen LogP contribution in [-0.4, -0.2) is 55.8 Å². The molecule has 1 unspecified atom stereocenters. The summed E-state index contributed by atoms with van der Waals surface area (Å²) >= 11 is 0. The molecule has 0 bridgehead atoms. The van der Waals surface area contributed by atoms with E-state index in [2.05, 4.69) is 20.5 Å². The van der Waals surface area contributed by atoms with Crippen LogP contribution in [-0.2, 0) is 15.7 Å². The van der Waals surface area contributed by atoms with E-state index in [9.17, 15) is 22.8 Å². The number of nitrogens with one attached hydrogen (secondary N) is 2. The van der Waals surface area contributed by atoms with Crippen molar-refractivity contribution in [3.63, 3.8) is 0 Å². The molecule has 2 fully saturated rings. The lowest BCUT2D eigenvalue weighted by atomic mass is 10.0. The first-order valence-corrected chi connectivity index (χ1v) is 12.0. The van der Waals surface area contributed by atoms with Gasteiger partial charge >= 0.3 is 12.2 Å². The maximum atomic E-state index is 13.1. The molecule has 3 heterocycles. The van der Waals surface area contributed by atoms with Crippen LogP contribution in [0.5, 0.6) is 0 Å². The number of nitrogens with zero attached hydrogens (tertiary/aromatic N) is 3. The largest absolute Gasteiger partial charge is 0.433 e. The Labute approximate surface area is 207 Å². The number of rotatable bonds is 6. The van der Waals surface area contributed by atoms with Crippen LogP contribution < -0.4 is 20.4 Å². The highest BCUT2D eigenvalue weighted by Crippen LogP contribution is 2.29. The van der Waals surface area contributed by atoms with Gasteiger partial charge in [-0.2, -0.15) is 13.2 Å². The number of ether oxygens (including phenoxy) is 1. The fourth-order valence-electron chi connectivity index (χ4n) is 4.76. The van der Waals surface area contributed by atoms with Gasteiger partial charge in [0.2, 0.25) is 5.91 Å². The standard InChI is InChI=1S/C25H30F3N5O3/c1-36-16-20-5-2-3-13-32(20)18-8-10-19(11-9-18)33-14-4-6-21(23(33)34)31-24(35)30-17-7-12-22(29-15-17)25(26,27)28/h7-12,15,20-21H,2-6,13-14,16H2,1H3,(H2,30,31,35)/t20?,21-/m1/s1. The van der Waals surface area contributed by atoms with Crippen LogP contribution in [0.3, 0.4) is 0 Å². The van der Waals surface area contributed by atoms with Crippen LogP contribution in [0.15, 0.2) is 42.6 Å². The highest BCUT2D eigenvalue weighted by Gasteiger charge is 2.33. The summed E-state index contributed by atoms with van der Waals surface area (Å²) in [6.45, 7) is 2.17. The SMILES string of the molecule is COCC1CCCCN1c1ccc(N2CCC[C@@H](NC(=O)Nc3ccc(C(F)(F)F)nc3)C2=O)cc1. The van der Waals surface area contributed by atoms with Gasteiger partial charge in [-0.1, -0.05) is 0 Å². The Kier molecular flexibility index (Phi) is 7.97. The van der Waals surface area contributed by atoms with Crippen LogP contribution in [0.1, 0.15) is 37.8 Å². The number of hydrogen-bond acceptors (Lipinski definition) is 5. The first-order chi connectivity index (χ1) is 17.3. The third-order valence-electron chi connectivity index (χ3n) is 6.53. The van der Waals surface area contributed by atoms with Crippen molar-refractivity contribution < 1.29 is 27.5 Å². The Morgan fingerprint density at radius 1 is 1.06 bits per heavy atom. The lowest BCUT2D eigenvalue weighted by Crippen LogP contribution is -2.53. The zero-order chi connectivity index (χ0) is 25.7. The first kappa shape index (κ1) is 25.7. The van der Waals surface area contributed by atoms with Gasteiger partial charge in [-0.3, -0.25) is 4.79 Å². The number of halogens is 3. The van der Waals surface area contributed by atoms with Crippen molar-refractivity contribution in [2.45, 2.75) is 50.4 Å². The predicted molar refractivity (Wildman–Crippen MR) is 130 cm³/mol. The smallest absolute Gasteiger partial charge is 0.383 e. The number of carbonyl (C=O) groups is 2. The monoisotopic (exact) mass is 505 g/mol. The maximum absolute atomic E-state index is 13.1. The summed E-state index contributed by atoms with van der Waals surface area (Å²) in [7, 11) is 1.71. The van der Waals surface area contributed by atoms with E-state index in [1.165, 1.54) is 6.42 Å². The summed E-state index contributed by atoms with van der Waals surface area (Å²) in [5.74, 6) is -0.232. The fourth-order valence-corrected chi connectivity index (χ4v) is 4.76. The number of carbonyl (C=O) groups excluding carboxylic acids is 2. The Bertz CT molecular complexity index is 1040. The predicted octanol–water partition coefficient (Wildman–Crippen LogP) is 4.42. The molecule has 2 N–H and O–H groups in total. The van der Waals surface area contributed by atoms with E-state index in [-0.39, 0.29) is 11.6 Å². The number of benzene rings is 1. The third-order valence-corrected chi connectivity index (χ3v) is 6.53. The van der Waals surface area contributed by atoms with Crippen molar-refractivity contribution in [1.29, 1.82) is 0 Å². The van der Waals surface area contributed by atoms with E-state index in [4.69, 9.17) is 4.74 Å². The van der Waals surface area contributed by atoms with Gasteiger partial charge in [0.25, 0.3) is 0 Å². The summed E-state index contributed by atoms with van der Waals surface area (Å²) < 4.78 is 43.4. The van der Waals surface area contributed by atoms with E-state index < -0.39 is 23.9 Å². The molecule has 4 rings (SSSR count). The van der Waals surface area contributed by atoms with Gasteiger partial charge in [-0.25, -0.2) is 9.78 Å². The average Bonchev–Trinajstić information content (AvgIpc) is 2.86. The Balaban J connectivity index is 1.37. The molecule has 36 heavy (non-hydrogen) atoms. The minimum Gasteiger partial charge on any atom is -0.383 e. The van der Waals surface area contributed by atoms with Gasteiger partial charge in [-0.15, -0.1) is 0 Å². The average molecular weight is 506 g/mol.